The second-order valence-electron chi connectivity index (χ2n) is 8.52. The number of urea groups is 1. The average molecular weight is 415 g/mol. The number of hydrogen-bond acceptors (Lipinski definition) is 5. The molecule has 1 N–H and O–H groups in total. The van der Waals surface area contributed by atoms with Gasteiger partial charge in [-0.25, -0.2) is 4.79 Å². The Bertz CT molecular complexity index is 853. The van der Waals surface area contributed by atoms with Crippen molar-refractivity contribution in [1.29, 1.82) is 0 Å². The van der Waals surface area contributed by atoms with Crippen molar-refractivity contribution in [2.45, 2.75) is 52.0 Å². The molecule has 8 nitrogen and oxygen atoms in total. The number of aryl methyl sites for hydroxylation is 1. The van der Waals surface area contributed by atoms with Gasteiger partial charge in [0.2, 0.25) is 0 Å². The highest BCUT2D eigenvalue weighted by Gasteiger charge is 2.48. The van der Waals surface area contributed by atoms with Gasteiger partial charge in [-0.2, -0.15) is 0 Å². The average Bonchev–Trinajstić information content (AvgIpc) is 2.93. The molecular weight excluding hydrogens is 386 g/mol. The van der Waals surface area contributed by atoms with Crippen LogP contribution in [0.5, 0.6) is 0 Å². The zero-order valence-corrected chi connectivity index (χ0v) is 17.8. The Balaban J connectivity index is 1.54. The van der Waals surface area contributed by atoms with Crippen LogP contribution in [0.1, 0.15) is 45.6 Å². The van der Waals surface area contributed by atoms with E-state index in [1.54, 1.807) is 11.8 Å². The number of carbonyl (C=O) groups excluding carboxylic acids is 4. The number of nitrogens with one attached hydrogen (secondary N) is 1. The molecule has 1 aromatic rings. The van der Waals surface area contributed by atoms with Crippen LogP contribution in [0.25, 0.3) is 0 Å². The van der Waals surface area contributed by atoms with E-state index in [4.69, 9.17) is 4.74 Å². The van der Waals surface area contributed by atoms with Crippen LogP contribution in [0.4, 0.5) is 10.5 Å². The van der Waals surface area contributed by atoms with E-state index in [1.807, 2.05) is 38.1 Å². The van der Waals surface area contributed by atoms with Crippen molar-refractivity contribution in [2.24, 2.45) is 5.92 Å². The van der Waals surface area contributed by atoms with Crippen molar-refractivity contribution < 1.29 is 23.9 Å². The first-order chi connectivity index (χ1) is 14.2. The van der Waals surface area contributed by atoms with Crippen LogP contribution in [-0.4, -0.2) is 54.0 Å². The fourth-order valence-electron chi connectivity index (χ4n) is 3.83. The van der Waals surface area contributed by atoms with E-state index in [0.29, 0.717) is 18.9 Å². The maximum atomic E-state index is 12.7. The number of nitrogens with zero attached hydrogens (tertiary/aromatic N) is 2. The summed E-state index contributed by atoms with van der Waals surface area (Å²) in [6.07, 6.45) is 3.01. The van der Waals surface area contributed by atoms with Crippen LogP contribution >= 0.6 is 0 Å². The summed E-state index contributed by atoms with van der Waals surface area (Å²) in [6, 6.07) is 7.04. The summed E-state index contributed by atoms with van der Waals surface area (Å²) < 4.78 is 5.09. The topological polar surface area (TPSA) is 96.0 Å². The third-order valence-electron chi connectivity index (χ3n) is 5.62. The van der Waals surface area contributed by atoms with E-state index in [1.165, 1.54) is 0 Å². The first kappa shape index (κ1) is 21.8. The molecule has 1 atom stereocenters. The monoisotopic (exact) mass is 415 g/mol. The third kappa shape index (κ3) is 4.63. The molecule has 2 heterocycles. The molecule has 162 valence electrons. The van der Waals surface area contributed by atoms with Crippen LogP contribution in [-0.2, 0) is 25.5 Å². The molecule has 1 saturated heterocycles. The minimum Gasteiger partial charge on any atom is -0.454 e. The second-order valence-corrected chi connectivity index (χ2v) is 8.52. The predicted molar refractivity (Wildman–Crippen MR) is 111 cm³/mol. The van der Waals surface area contributed by atoms with Crippen LogP contribution in [0.3, 0.4) is 0 Å². The molecule has 0 aromatic heterocycles. The highest BCUT2D eigenvalue weighted by Crippen LogP contribution is 2.27. The van der Waals surface area contributed by atoms with E-state index < -0.39 is 36.6 Å². The van der Waals surface area contributed by atoms with Crippen LogP contribution in [0.15, 0.2) is 24.3 Å². The van der Waals surface area contributed by atoms with Gasteiger partial charge in [-0.05, 0) is 50.2 Å². The summed E-state index contributed by atoms with van der Waals surface area (Å²) in [7, 11) is 0. The zero-order chi connectivity index (χ0) is 21.9. The molecule has 0 aliphatic carbocycles. The van der Waals surface area contributed by atoms with Gasteiger partial charge in [-0.3, -0.25) is 19.3 Å². The van der Waals surface area contributed by atoms with Crippen molar-refractivity contribution in [1.82, 2.24) is 10.2 Å². The quantitative estimate of drug-likeness (QED) is 0.544. The summed E-state index contributed by atoms with van der Waals surface area (Å²) >= 11 is 0. The Hall–Kier alpha value is -2.90. The Morgan fingerprint density at radius 1 is 1.23 bits per heavy atom. The molecule has 30 heavy (non-hydrogen) atoms. The molecule has 0 bridgehead atoms. The molecule has 4 amide bonds. The Labute approximate surface area is 176 Å². The lowest BCUT2D eigenvalue weighted by Crippen LogP contribution is -2.44. The number of carbonyl (C=O) groups is 4. The smallest absolute Gasteiger partial charge is 0.326 e. The maximum absolute atomic E-state index is 12.7. The number of para-hydroxylation sites is 1. The lowest BCUT2D eigenvalue weighted by atomic mass is 9.92. The molecule has 1 fully saturated rings. The summed E-state index contributed by atoms with van der Waals surface area (Å²) in [4.78, 5) is 52.2. The van der Waals surface area contributed by atoms with Crippen molar-refractivity contribution in [3.05, 3.63) is 29.8 Å². The molecule has 8 heteroatoms. The zero-order valence-electron chi connectivity index (χ0n) is 17.8. The maximum Gasteiger partial charge on any atom is 0.326 e. The highest BCUT2D eigenvalue weighted by molar-refractivity contribution is 6.08. The van der Waals surface area contributed by atoms with Crippen molar-refractivity contribution in [3.63, 3.8) is 0 Å². The first-order valence-electron chi connectivity index (χ1n) is 10.4. The summed E-state index contributed by atoms with van der Waals surface area (Å²) in [6.45, 7) is 5.37. The molecule has 3 rings (SSSR count). The molecule has 0 spiro atoms. The standard InChI is InChI=1S/C22H29N3O5/c1-15(2)10-11-22(3)20(28)25(21(29)23-22)13-19(27)30-14-18(26)24-12-6-8-16-7-4-5-9-17(16)24/h4-5,7,9,15H,6,8,10-14H2,1-3H3,(H,23,29)/t22-/m0/s1. The normalized spacial score (nSPS) is 20.9. The Kier molecular flexibility index (Phi) is 6.43. The van der Waals surface area contributed by atoms with E-state index >= 15 is 0 Å². The Morgan fingerprint density at radius 2 is 1.97 bits per heavy atom. The van der Waals surface area contributed by atoms with E-state index in [0.717, 1.165) is 35.4 Å². The number of hydrogen-bond donors (Lipinski definition) is 1. The van der Waals surface area contributed by atoms with Crippen LogP contribution in [0.2, 0.25) is 0 Å². The third-order valence-corrected chi connectivity index (χ3v) is 5.62. The fourth-order valence-corrected chi connectivity index (χ4v) is 3.83. The molecule has 2 aliphatic heterocycles. The summed E-state index contributed by atoms with van der Waals surface area (Å²) in [5, 5.41) is 2.67. The SMILES string of the molecule is CC(C)CC[C@]1(C)NC(=O)N(CC(=O)OCC(=O)N2CCCc3ccccc32)C1=O. The van der Waals surface area contributed by atoms with Gasteiger partial charge in [0.15, 0.2) is 6.61 Å². The molecule has 0 unspecified atom stereocenters. The lowest BCUT2D eigenvalue weighted by Gasteiger charge is -2.29. The number of anilines is 1. The highest BCUT2D eigenvalue weighted by atomic mass is 16.5. The lowest BCUT2D eigenvalue weighted by molar-refractivity contribution is -0.150. The van der Waals surface area contributed by atoms with E-state index in [2.05, 4.69) is 5.32 Å². The predicted octanol–water partition coefficient (Wildman–Crippen LogP) is 2.26. The van der Waals surface area contributed by atoms with Gasteiger partial charge in [-0.15, -0.1) is 0 Å². The number of rotatable bonds is 7. The van der Waals surface area contributed by atoms with Gasteiger partial charge in [0.05, 0.1) is 0 Å². The molecule has 1 aromatic carbocycles. The number of benzene rings is 1. The van der Waals surface area contributed by atoms with Gasteiger partial charge in [0.25, 0.3) is 11.8 Å². The van der Waals surface area contributed by atoms with Gasteiger partial charge >= 0.3 is 12.0 Å². The number of esters is 1. The molecule has 2 aliphatic rings. The minimum absolute atomic E-state index is 0.325. The van der Waals surface area contributed by atoms with Gasteiger partial charge in [0, 0.05) is 12.2 Å². The summed E-state index contributed by atoms with van der Waals surface area (Å²) in [5.41, 5.74) is 0.901. The molecular formula is C22H29N3O5. The van der Waals surface area contributed by atoms with Crippen LogP contribution < -0.4 is 10.2 Å². The minimum atomic E-state index is -1.02. The molecule has 0 radical (unpaired) electrons. The number of imide groups is 1. The first-order valence-corrected chi connectivity index (χ1v) is 10.4. The fraction of sp³-hybridized carbons (Fsp3) is 0.545. The van der Waals surface area contributed by atoms with E-state index in [9.17, 15) is 19.2 Å². The number of fused-ring (bicyclic) bond motifs is 1. The van der Waals surface area contributed by atoms with Crippen molar-refractivity contribution >= 4 is 29.5 Å². The second kappa shape index (κ2) is 8.85. The molecule has 0 saturated carbocycles. The Morgan fingerprint density at radius 3 is 2.70 bits per heavy atom. The van der Waals surface area contributed by atoms with Gasteiger partial charge in [-0.1, -0.05) is 32.0 Å². The van der Waals surface area contributed by atoms with Crippen LogP contribution in [0, 0.1) is 5.92 Å². The van der Waals surface area contributed by atoms with Gasteiger partial charge < -0.3 is 15.0 Å². The number of amides is 4. The van der Waals surface area contributed by atoms with Crippen molar-refractivity contribution in [3.8, 4) is 0 Å². The van der Waals surface area contributed by atoms with Gasteiger partial charge in [0.1, 0.15) is 12.1 Å². The largest absolute Gasteiger partial charge is 0.454 e. The van der Waals surface area contributed by atoms with Crippen molar-refractivity contribution in [2.75, 3.05) is 24.6 Å². The number of ether oxygens (including phenoxy) is 1. The van der Waals surface area contributed by atoms with E-state index in [-0.39, 0.29) is 5.91 Å². The summed E-state index contributed by atoms with van der Waals surface area (Å²) in [5.74, 6) is -1.17.